The third-order valence-corrected chi connectivity index (χ3v) is 6.78. The second-order valence-electron chi connectivity index (χ2n) is 8.81. The summed E-state index contributed by atoms with van der Waals surface area (Å²) in [5, 5.41) is 10.6. The lowest BCUT2D eigenvalue weighted by Crippen LogP contribution is -2.38. The number of hydrogen-bond donors (Lipinski definition) is 2. The minimum atomic E-state index is -0.169. The van der Waals surface area contributed by atoms with Gasteiger partial charge in [0.2, 0.25) is 5.91 Å². The van der Waals surface area contributed by atoms with Crippen molar-refractivity contribution in [3.63, 3.8) is 0 Å². The Labute approximate surface area is 188 Å². The predicted molar refractivity (Wildman–Crippen MR) is 122 cm³/mol. The van der Waals surface area contributed by atoms with Crippen LogP contribution in [0.15, 0.2) is 48.5 Å². The summed E-state index contributed by atoms with van der Waals surface area (Å²) in [4.78, 5) is 28.0. The van der Waals surface area contributed by atoms with Gasteiger partial charge >= 0.3 is 0 Å². The average molecular weight is 429 g/mol. The smallest absolute Gasteiger partial charge is 0.272 e. The molecule has 164 valence electrons. The van der Waals surface area contributed by atoms with Gasteiger partial charge in [0, 0.05) is 30.8 Å². The first-order chi connectivity index (χ1) is 15.6. The zero-order valence-electron chi connectivity index (χ0n) is 18.4. The van der Waals surface area contributed by atoms with E-state index < -0.39 is 0 Å². The highest BCUT2D eigenvalue weighted by Gasteiger charge is 2.30. The van der Waals surface area contributed by atoms with Crippen molar-refractivity contribution >= 4 is 11.8 Å². The third kappa shape index (κ3) is 3.93. The Morgan fingerprint density at radius 3 is 2.81 bits per heavy atom. The Hall–Kier alpha value is -3.41. The van der Waals surface area contributed by atoms with Gasteiger partial charge in [-0.15, -0.1) is 0 Å². The first kappa shape index (κ1) is 20.5. The van der Waals surface area contributed by atoms with Crippen LogP contribution in [0.25, 0.3) is 0 Å². The molecule has 3 aromatic rings. The lowest BCUT2D eigenvalue weighted by molar-refractivity contribution is -0.131. The summed E-state index contributed by atoms with van der Waals surface area (Å²) in [7, 11) is 0. The molecule has 5 rings (SSSR count). The quantitative estimate of drug-likeness (QED) is 0.666. The van der Waals surface area contributed by atoms with Crippen molar-refractivity contribution in [3.05, 3.63) is 87.7 Å². The van der Waals surface area contributed by atoms with Gasteiger partial charge in [-0.1, -0.05) is 48.5 Å². The molecule has 32 heavy (non-hydrogen) atoms. The summed E-state index contributed by atoms with van der Waals surface area (Å²) in [6.45, 7) is 3.08. The number of H-pyrrole nitrogens is 1. The molecule has 6 nitrogen and oxygen atoms in total. The van der Waals surface area contributed by atoms with Gasteiger partial charge < -0.3 is 10.2 Å². The Morgan fingerprint density at radius 1 is 1.12 bits per heavy atom. The molecular formula is C26H28N4O2. The van der Waals surface area contributed by atoms with Crippen LogP contribution in [-0.2, 0) is 30.6 Å². The molecule has 6 heteroatoms. The summed E-state index contributed by atoms with van der Waals surface area (Å²) >= 11 is 0. The minimum absolute atomic E-state index is 0.00202. The molecule has 0 spiro atoms. The van der Waals surface area contributed by atoms with Gasteiger partial charge in [-0.2, -0.15) is 5.10 Å². The van der Waals surface area contributed by atoms with Gasteiger partial charge in [0.15, 0.2) is 5.69 Å². The fraction of sp³-hybridized carbons (Fsp3) is 0.346. The van der Waals surface area contributed by atoms with E-state index in [2.05, 4.69) is 33.7 Å². The molecule has 2 N–H and O–H groups in total. The maximum atomic E-state index is 13.2. The zero-order chi connectivity index (χ0) is 22.1. The largest absolute Gasteiger partial charge is 0.344 e. The van der Waals surface area contributed by atoms with E-state index in [-0.39, 0.29) is 17.9 Å². The van der Waals surface area contributed by atoms with Crippen molar-refractivity contribution in [2.75, 3.05) is 6.54 Å². The number of amides is 2. The van der Waals surface area contributed by atoms with E-state index in [0.717, 1.165) is 41.6 Å². The number of nitrogens with one attached hydrogen (secondary N) is 2. The maximum Gasteiger partial charge on any atom is 0.272 e. The molecular weight excluding hydrogens is 400 g/mol. The normalized spacial score (nSPS) is 17.4. The molecule has 0 radical (unpaired) electrons. The number of hydrogen-bond acceptors (Lipinski definition) is 3. The molecule has 1 atom stereocenters. The van der Waals surface area contributed by atoms with E-state index in [9.17, 15) is 9.59 Å². The SMILES string of the molecule is Cc1ccccc1CC(=O)N1CCc2[nH]nc(C(=O)NC3CCCc4ccccc43)c2C1. The average Bonchev–Trinajstić information content (AvgIpc) is 3.24. The maximum absolute atomic E-state index is 13.2. The van der Waals surface area contributed by atoms with Crippen LogP contribution < -0.4 is 5.32 Å². The van der Waals surface area contributed by atoms with E-state index in [1.165, 1.54) is 11.1 Å². The topological polar surface area (TPSA) is 78.1 Å². The Bertz CT molecular complexity index is 1170. The fourth-order valence-corrected chi connectivity index (χ4v) is 4.91. The molecule has 0 bridgehead atoms. The summed E-state index contributed by atoms with van der Waals surface area (Å²) in [6, 6.07) is 16.3. The summed E-state index contributed by atoms with van der Waals surface area (Å²) < 4.78 is 0. The van der Waals surface area contributed by atoms with Crippen LogP contribution in [-0.4, -0.2) is 33.5 Å². The highest BCUT2D eigenvalue weighted by molar-refractivity contribution is 5.94. The second-order valence-corrected chi connectivity index (χ2v) is 8.81. The van der Waals surface area contributed by atoms with Gasteiger partial charge in [-0.25, -0.2) is 0 Å². The molecule has 2 aliphatic rings. The Balaban J connectivity index is 1.31. The predicted octanol–water partition coefficient (Wildman–Crippen LogP) is 3.65. The number of benzene rings is 2. The number of rotatable bonds is 4. The molecule has 0 fully saturated rings. The van der Waals surface area contributed by atoms with Crippen LogP contribution >= 0.6 is 0 Å². The van der Waals surface area contributed by atoms with Gasteiger partial charge in [-0.05, 0) is 48.4 Å². The summed E-state index contributed by atoms with van der Waals surface area (Å²) in [5.41, 5.74) is 6.89. The molecule has 1 aromatic heterocycles. The lowest BCUT2D eigenvalue weighted by Gasteiger charge is -2.28. The van der Waals surface area contributed by atoms with Gasteiger partial charge in [-0.3, -0.25) is 14.7 Å². The number of aromatic nitrogens is 2. The van der Waals surface area contributed by atoms with E-state index in [4.69, 9.17) is 0 Å². The molecule has 0 saturated heterocycles. The first-order valence-electron chi connectivity index (χ1n) is 11.4. The lowest BCUT2D eigenvalue weighted by atomic mass is 9.87. The van der Waals surface area contributed by atoms with Crippen LogP contribution in [0.3, 0.4) is 0 Å². The molecule has 2 amide bonds. The van der Waals surface area contributed by atoms with Crippen LogP contribution in [0.2, 0.25) is 0 Å². The van der Waals surface area contributed by atoms with Crippen LogP contribution in [0.4, 0.5) is 0 Å². The zero-order valence-corrected chi connectivity index (χ0v) is 18.4. The van der Waals surface area contributed by atoms with Crippen molar-refractivity contribution in [1.82, 2.24) is 20.4 Å². The number of carbonyl (C=O) groups excluding carboxylic acids is 2. The van der Waals surface area contributed by atoms with Crippen molar-refractivity contribution in [1.29, 1.82) is 0 Å². The highest BCUT2D eigenvalue weighted by Crippen LogP contribution is 2.30. The molecule has 1 unspecified atom stereocenters. The van der Waals surface area contributed by atoms with Crippen LogP contribution in [0, 0.1) is 6.92 Å². The first-order valence-corrected chi connectivity index (χ1v) is 11.4. The number of nitrogens with zero attached hydrogens (tertiary/aromatic N) is 2. The number of aryl methyl sites for hydroxylation is 2. The standard InChI is InChI=1S/C26H28N4O2/c1-17-7-2-3-9-19(17)15-24(31)30-14-13-23-21(16-30)25(29-28-23)26(32)27-22-12-6-10-18-8-4-5-11-20(18)22/h2-5,7-9,11,22H,6,10,12-16H2,1H3,(H,27,32)(H,28,29). The second kappa shape index (κ2) is 8.61. The van der Waals surface area contributed by atoms with E-state index in [1.54, 1.807) is 0 Å². The van der Waals surface area contributed by atoms with Crippen molar-refractivity contribution in [3.8, 4) is 0 Å². The monoisotopic (exact) mass is 428 g/mol. The van der Waals surface area contributed by atoms with Crippen LogP contribution in [0.1, 0.15) is 62.9 Å². The molecule has 1 aliphatic carbocycles. The highest BCUT2D eigenvalue weighted by atomic mass is 16.2. The number of aromatic amines is 1. The third-order valence-electron chi connectivity index (χ3n) is 6.78. The van der Waals surface area contributed by atoms with Gasteiger partial charge in [0.05, 0.1) is 12.5 Å². The van der Waals surface area contributed by atoms with E-state index >= 15 is 0 Å². The van der Waals surface area contributed by atoms with Gasteiger partial charge in [0.25, 0.3) is 5.91 Å². The van der Waals surface area contributed by atoms with Crippen molar-refractivity contribution in [2.24, 2.45) is 0 Å². The van der Waals surface area contributed by atoms with E-state index in [1.807, 2.05) is 42.2 Å². The van der Waals surface area contributed by atoms with E-state index in [0.29, 0.717) is 31.6 Å². The number of carbonyl (C=O) groups is 2. The Morgan fingerprint density at radius 2 is 1.94 bits per heavy atom. The minimum Gasteiger partial charge on any atom is -0.344 e. The van der Waals surface area contributed by atoms with Crippen LogP contribution in [0.5, 0.6) is 0 Å². The molecule has 0 saturated carbocycles. The Kier molecular flexibility index (Phi) is 5.52. The summed E-state index contributed by atoms with van der Waals surface area (Å²) in [6.07, 6.45) is 4.10. The molecule has 1 aliphatic heterocycles. The summed E-state index contributed by atoms with van der Waals surface area (Å²) in [5.74, 6) is -0.0869. The number of fused-ring (bicyclic) bond motifs is 2. The van der Waals surface area contributed by atoms with Gasteiger partial charge in [0.1, 0.15) is 0 Å². The molecule has 2 aromatic carbocycles. The van der Waals surface area contributed by atoms with Crippen molar-refractivity contribution < 1.29 is 9.59 Å². The molecule has 2 heterocycles. The van der Waals surface area contributed by atoms with Crippen molar-refractivity contribution in [2.45, 2.75) is 51.6 Å². The fourth-order valence-electron chi connectivity index (χ4n) is 4.91.